The fraction of sp³-hybridized carbons (Fsp3) is 0.344. The molecule has 11 heteroatoms. The van der Waals surface area contributed by atoms with E-state index in [9.17, 15) is 12.8 Å². The molecule has 228 valence electrons. The molecule has 2 heterocycles. The molecule has 0 aliphatic carbocycles. The summed E-state index contributed by atoms with van der Waals surface area (Å²) in [7, 11) is -0.190. The van der Waals surface area contributed by atoms with E-state index in [2.05, 4.69) is 4.90 Å². The van der Waals surface area contributed by atoms with E-state index in [1.54, 1.807) is 19.2 Å². The van der Waals surface area contributed by atoms with Gasteiger partial charge < -0.3 is 23.5 Å². The molecule has 1 fully saturated rings. The van der Waals surface area contributed by atoms with Crippen molar-refractivity contribution in [2.45, 2.75) is 29.8 Å². The number of rotatable bonds is 12. The number of hydrogen-bond donors (Lipinski definition) is 1. The number of primary sulfonamides is 1. The lowest BCUT2D eigenvalue weighted by atomic mass is 9.86. The van der Waals surface area contributed by atoms with Crippen LogP contribution in [0.5, 0.6) is 5.75 Å². The molecule has 3 aromatic carbocycles. The minimum absolute atomic E-state index is 0.0253. The van der Waals surface area contributed by atoms with Gasteiger partial charge in [-0.2, -0.15) is 0 Å². The van der Waals surface area contributed by atoms with Gasteiger partial charge in [-0.1, -0.05) is 30.3 Å². The van der Waals surface area contributed by atoms with Gasteiger partial charge in [0, 0.05) is 69.9 Å². The van der Waals surface area contributed by atoms with Crippen molar-refractivity contribution >= 4 is 10.0 Å². The van der Waals surface area contributed by atoms with Gasteiger partial charge in [-0.15, -0.1) is 0 Å². The number of methoxy groups -OCH3 is 1. The van der Waals surface area contributed by atoms with Gasteiger partial charge in [0.05, 0.1) is 10.5 Å². The van der Waals surface area contributed by atoms with Crippen LogP contribution < -0.4 is 9.88 Å². The van der Waals surface area contributed by atoms with Crippen LogP contribution in [-0.2, 0) is 31.5 Å². The molecule has 0 spiro atoms. The zero-order valence-electron chi connectivity index (χ0n) is 24.3. The van der Waals surface area contributed by atoms with Crippen molar-refractivity contribution in [1.82, 2.24) is 9.88 Å². The van der Waals surface area contributed by atoms with Gasteiger partial charge in [-0.3, -0.25) is 0 Å². The van der Waals surface area contributed by atoms with Crippen LogP contribution in [0.4, 0.5) is 4.39 Å². The Kier molecular flexibility index (Phi) is 9.58. The van der Waals surface area contributed by atoms with Gasteiger partial charge in [0.15, 0.2) is 11.7 Å². The Morgan fingerprint density at radius 2 is 1.72 bits per heavy atom. The number of sulfonamides is 1. The maximum absolute atomic E-state index is 14.5. The molecule has 43 heavy (non-hydrogen) atoms. The third-order valence-corrected chi connectivity index (χ3v) is 8.63. The summed E-state index contributed by atoms with van der Waals surface area (Å²) in [4.78, 5) is 6.89. The largest absolute Gasteiger partial charge is 0.492 e. The first-order chi connectivity index (χ1) is 20.7. The van der Waals surface area contributed by atoms with E-state index in [0.717, 1.165) is 11.1 Å². The second-order valence-electron chi connectivity index (χ2n) is 10.6. The van der Waals surface area contributed by atoms with Crippen molar-refractivity contribution in [3.05, 3.63) is 90.1 Å². The standard InChI is InChI=1S/C32H36FN3O6S/c1-36(16-19-41-27-21-25(20-26(33)22-27)32(39-2)13-17-40-18-14-32)15-12-29-35-30(23-6-4-3-5-7-23)31(42-29)24-8-10-28(11-9-24)43(34,37)38/h3-11,20-22H,12-19H2,1-2H3,(H2,34,37,38). The molecule has 5 rings (SSSR count). The molecular formula is C32H36FN3O6S. The predicted octanol–water partition coefficient (Wildman–Crippen LogP) is 5.00. The lowest BCUT2D eigenvalue weighted by molar-refractivity contribution is -0.0950. The zero-order valence-corrected chi connectivity index (χ0v) is 25.1. The van der Waals surface area contributed by atoms with Gasteiger partial charge in [-0.25, -0.2) is 22.9 Å². The van der Waals surface area contributed by atoms with Crippen LogP contribution in [0.1, 0.15) is 24.3 Å². The van der Waals surface area contributed by atoms with Crippen molar-refractivity contribution in [2.75, 3.05) is 47.1 Å². The quantitative estimate of drug-likeness (QED) is 0.239. The average molecular weight is 610 g/mol. The van der Waals surface area contributed by atoms with Gasteiger partial charge in [-0.05, 0) is 49.0 Å². The molecule has 2 N–H and O–H groups in total. The summed E-state index contributed by atoms with van der Waals surface area (Å²) in [6, 6.07) is 20.6. The highest BCUT2D eigenvalue weighted by Gasteiger charge is 2.35. The predicted molar refractivity (Wildman–Crippen MR) is 161 cm³/mol. The highest BCUT2D eigenvalue weighted by atomic mass is 32.2. The SMILES string of the molecule is COC1(c2cc(F)cc(OCCN(C)CCc3nc(-c4ccccc4)c(-c4ccc(S(N)(=O)=O)cc4)o3)c2)CCOCC1. The molecule has 0 atom stereocenters. The Labute approximate surface area is 251 Å². The minimum atomic E-state index is -3.81. The monoisotopic (exact) mass is 609 g/mol. The normalized spacial score (nSPS) is 15.1. The van der Waals surface area contributed by atoms with E-state index < -0.39 is 15.6 Å². The number of hydrogen-bond acceptors (Lipinski definition) is 8. The summed E-state index contributed by atoms with van der Waals surface area (Å²) < 4.78 is 61.4. The van der Waals surface area contributed by atoms with Crippen molar-refractivity contribution in [3.8, 4) is 28.3 Å². The van der Waals surface area contributed by atoms with E-state index in [4.69, 9.17) is 28.8 Å². The molecule has 1 aliphatic rings. The molecule has 1 aliphatic heterocycles. The number of aromatic nitrogens is 1. The minimum Gasteiger partial charge on any atom is -0.492 e. The molecule has 1 saturated heterocycles. The second kappa shape index (κ2) is 13.4. The summed E-state index contributed by atoms with van der Waals surface area (Å²) in [6.45, 7) is 2.74. The number of likely N-dealkylation sites (N-methyl/N-ethyl adjacent to an activating group) is 1. The average Bonchev–Trinajstić information content (AvgIpc) is 3.45. The third-order valence-electron chi connectivity index (χ3n) is 7.70. The fourth-order valence-corrected chi connectivity index (χ4v) is 5.71. The number of nitrogens with two attached hydrogens (primary N) is 1. The summed E-state index contributed by atoms with van der Waals surface area (Å²) in [5.74, 6) is 1.20. The van der Waals surface area contributed by atoms with Crippen LogP contribution >= 0.6 is 0 Å². The summed E-state index contributed by atoms with van der Waals surface area (Å²) in [5.41, 5.74) is 2.43. The Bertz CT molecular complexity index is 1620. The van der Waals surface area contributed by atoms with Gasteiger partial charge in [0.25, 0.3) is 0 Å². The maximum Gasteiger partial charge on any atom is 0.238 e. The lowest BCUT2D eigenvalue weighted by Crippen LogP contribution is -2.35. The molecule has 4 aromatic rings. The Morgan fingerprint density at radius 1 is 1.00 bits per heavy atom. The molecule has 0 amide bonds. The van der Waals surface area contributed by atoms with Crippen molar-refractivity contribution in [2.24, 2.45) is 5.14 Å². The number of benzene rings is 3. The Balaban J connectivity index is 1.23. The van der Waals surface area contributed by atoms with Crippen molar-refractivity contribution in [3.63, 3.8) is 0 Å². The molecule has 0 unspecified atom stereocenters. The maximum atomic E-state index is 14.5. The van der Waals surface area contributed by atoms with E-state index in [-0.39, 0.29) is 10.7 Å². The fourth-order valence-electron chi connectivity index (χ4n) is 5.19. The molecule has 9 nitrogen and oxygen atoms in total. The highest BCUT2D eigenvalue weighted by molar-refractivity contribution is 7.89. The molecule has 0 bridgehead atoms. The molecular weight excluding hydrogens is 573 g/mol. The summed E-state index contributed by atoms with van der Waals surface area (Å²) in [6.07, 6.45) is 1.85. The molecule has 0 saturated carbocycles. The van der Waals surface area contributed by atoms with Crippen molar-refractivity contribution < 1.29 is 31.4 Å². The van der Waals surface area contributed by atoms with Gasteiger partial charge in [0.2, 0.25) is 10.0 Å². The number of ether oxygens (including phenoxy) is 3. The van der Waals surface area contributed by atoms with Gasteiger partial charge >= 0.3 is 0 Å². The van der Waals surface area contributed by atoms with E-state index >= 15 is 0 Å². The zero-order chi connectivity index (χ0) is 30.5. The van der Waals surface area contributed by atoms with Crippen LogP contribution in [-0.4, -0.2) is 65.4 Å². The summed E-state index contributed by atoms with van der Waals surface area (Å²) >= 11 is 0. The first-order valence-corrected chi connectivity index (χ1v) is 15.7. The van der Waals surface area contributed by atoms with Crippen LogP contribution in [0.15, 0.2) is 82.1 Å². The van der Waals surface area contributed by atoms with E-state index in [0.29, 0.717) is 80.8 Å². The summed E-state index contributed by atoms with van der Waals surface area (Å²) in [5, 5.41) is 5.26. The van der Waals surface area contributed by atoms with Crippen LogP contribution in [0.2, 0.25) is 0 Å². The molecule has 1 aromatic heterocycles. The van der Waals surface area contributed by atoms with E-state index in [1.165, 1.54) is 24.3 Å². The van der Waals surface area contributed by atoms with Crippen molar-refractivity contribution in [1.29, 1.82) is 0 Å². The first-order valence-electron chi connectivity index (χ1n) is 14.1. The van der Waals surface area contributed by atoms with Gasteiger partial charge in [0.1, 0.15) is 23.9 Å². The number of halogens is 1. The first kappa shape index (κ1) is 30.8. The molecule has 0 radical (unpaired) electrons. The lowest BCUT2D eigenvalue weighted by Gasteiger charge is -2.36. The number of nitrogens with zero attached hydrogens (tertiary/aromatic N) is 2. The van der Waals surface area contributed by atoms with Crippen LogP contribution in [0, 0.1) is 5.82 Å². The number of oxazole rings is 1. The van der Waals surface area contributed by atoms with Crippen LogP contribution in [0.3, 0.4) is 0 Å². The van der Waals surface area contributed by atoms with E-state index in [1.807, 2.05) is 43.4 Å². The highest BCUT2D eigenvalue weighted by Crippen LogP contribution is 2.37. The Hall–Kier alpha value is -3.61. The smallest absolute Gasteiger partial charge is 0.238 e. The topological polar surface area (TPSA) is 117 Å². The third kappa shape index (κ3) is 7.49. The second-order valence-corrected chi connectivity index (χ2v) is 12.2. The van der Waals surface area contributed by atoms with Crippen LogP contribution in [0.25, 0.3) is 22.6 Å². The Morgan fingerprint density at radius 3 is 2.40 bits per heavy atom.